The smallest absolute Gasteiger partial charge is 0.0215 e. The van der Waals surface area contributed by atoms with Crippen LogP contribution in [0.4, 0.5) is 0 Å². The van der Waals surface area contributed by atoms with Gasteiger partial charge >= 0.3 is 0 Å². The van der Waals surface area contributed by atoms with Crippen LogP contribution in [-0.4, -0.2) is 31.1 Å². The maximum absolute atomic E-state index is 5.48. The molecule has 0 saturated carbocycles. The summed E-state index contributed by atoms with van der Waals surface area (Å²) < 4.78 is 0. The number of nitrogens with two attached hydrogens (primary N) is 1. The summed E-state index contributed by atoms with van der Waals surface area (Å²) in [7, 11) is 2.14. The van der Waals surface area contributed by atoms with Gasteiger partial charge in [0.1, 0.15) is 0 Å². The first-order valence-corrected chi connectivity index (χ1v) is 3.25. The van der Waals surface area contributed by atoms with Crippen LogP contribution < -0.4 is 5.73 Å². The molecule has 3 heteroatoms. The van der Waals surface area contributed by atoms with Gasteiger partial charge in [-0.15, -0.1) is 12.4 Å². The van der Waals surface area contributed by atoms with Gasteiger partial charge in [-0.25, -0.2) is 0 Å². The van der Waals surface area contributed by atoms with E-state index in [-0.39, 0.29) is 12.4 Å². The van der Waals surface area contributed by atoms with Crippen molar-refractivity contribution in [3.8, 4) is 0 Å². The highest BCUT2D eigenvalue weighted by molar-refractivity contribution is 5.85. The molecule has 0 aromatic carbocycles. The molecule has 1 aliphatic heterocycles. The third-order valence-corrected chi connectivity index (χ3v) is 1.94. The molecule has 56 valence electrons. The zero-order valence-electron chi connectivity index (χ0n) is 5.84. The molecular formula is C6H15ClN2. The van der Waals surface area contributed by atoms with Gasteiger partial charge in [-0.3, -0.25) is 0 Å². The Hall–Kier alpha value is 0.210. The van der Waals surface area contributed by atoms with E-state index in [1.54, 1.807) is 0 Å². The Labute approximate surface area is 62.8 Å². The number of hydrogen-bond donors (Lipinski definition) is 1. The summed E-state index contributed by atoms with van der Waals surface area (Å²) in [6.07, 6.45) is 2.63. The Balaban J connectivity index is 0.000000640. The second-order valence-corrected chi connectivity index (χ2v) is 2.51. The summed E-state index contributed by atoms with van der Waals surface area (Å²) in [4.78, 5) is 2.33. The fraction of sp³-hybridized carbons (Fsp3) is 1.00. The normalized spacial score (nSPS) is 28.0. The number of halogens is 1. The third-order valence-electron chi connectivity index (χ3n) is 1.94. The predicted molar refractivity (Wildman–Crippen MR) is 42.0 cm³/mol. The molecule has 0 spiro atoms. The quantitative estimate of drug-likeness (QED) is 0.589. The fourth-order valence-electron chi connectivity index (χ4n) is 1.28. The lowest BCUT2D eigenvalue weighted by Crippen LogP contribution is -2.31. The monoisotopic (exact) mass is 150 g/mol. The molecule has 0 aromatic rings. The number of hydrogen-bond acceptors (Lipinski definition) is 2. The molecule has 1 aliphatic rings. The Morgan fingerprint density at radius 1 is 1.67 bits per heavy atom. The third kappa shape index (κ3) is 2.12. The minimum atomic E-state index is 0. The molecule has 0 amide bonds. The number of likely N-dealkylation sites (N-methyl/N-ethyl adjacent to an activating group) is 1. The second kappa shape index (κ2) is 4.09. The Kier molecular flexibility index (Phi) is 4.19. The molecular weight excluding hydrogens is 136 g/mol. The van der Waals surface area contributed by atoms with Crippen molar-refractivity contribution < 1.29 is 0 Å². The van der Waals surface area contributed by atoms with Crippen LogP contribution in [0.25, 0.3) is 0 Å². The highest BCUT2D eigenvalue weighted by atomic mass is 35.5. The molecule has 0 aromatic heterocycles. The van der Waals surface area contributed by atoms with Gasteiger partial charge in [0, 0.05) is 12.6 Å². The van der Waals surface area contributed by atoms with Crippen LogP contribution in [-0.2, 0) is 0 Å². The first-order valence-electron chi connectivity index (χ1n) is 3.25. The Morgan fingerprint density at radius 3 is 2.56 bits per heavy atom. The summed E-state index contributed by atoms with van der Waals surface area (Å²) in [5.41, 5.74) is 5.48. The maximum Gasteiger partial charge on any atom is 0.0215 e. The van der Waals surface area contributed by atoms with Gasteiger partial charge < -0.3 is 10.6 Å². The van der Waals surface area contributed by atoms with E-state index in [1.807, 2.05) is 0 Å². The summed E-state index contributed by atoms with van der Waals surface area (Å²) in [6, 6.07) is 0.676. The summed E-state index contributed by atoms with van der Waals surface area (Å²) in [5, 5.41) is 0. The second-order valence-electron chi connectivity index (χ2n) is 2.51. The van der Waals surface area contributed by atoms with Crippen LogP contribution in [0.2, 0.25) is 0 Å². The van der Waals surface area contributed by atoms with E-state index in [2.05, 4.69) is 11.9 Å². The van der Waals surface area contributed by atoms with Crippen LogP contribution in [0.1, 0.15) is 12.8 Å². The summed E-state index contributed by atoms with van der Waals surface area (Å²) in [6.45, 7) is 2.07. The van der Waals surface area contributed by atoms with Crippen molar-refractivity contribution in [2.45, 2.75) is 18.9 Å². The number of nitrogens with zero attached hydrogens (tertiary/aromatic N) is 1. The van der Waals surface area contributed by atoms with Crippen molar-refractivity contribution in [1.82, 2.24) is 4.90 Å². The molecule has 9 heavy (non-hydrogen) atoms. The van der Waals surface area contributed by atoms with Crippen molar-refractivity contribution in [3.05, 3.63) is 0 Å². The fourth-order valence-corrected chi connectivity index (χ4v) is 1.28. The zero-order valence-corrected chi connectivity index (χ0v) is 6.66. The lowest BCUT2D eigenvalue weighted by molar-refractivity contribution is 0.317. The highest BCUT2D eigenvalue weighted by Gasteiger charge is 2.17. The zero-order chi connectivity index (χ0) is 5.98. The van der Waals surface area contributed by atoms with Crippen molar-refractivity contribution in [2.75, 3.05) is 20.1 Å². The van der Waals surface area contributed by atoms with Crippen molar-refractivity contribution in [2.24, 2.45) is 5.73 Å². The molecule has 0 aliphatic carbocycles. The Morgan fingerprint density at radius 2 is 2.33 bits per heavy atom. The lowest BCUT2D eigenvalue weighted by atomic mass is 10.2. The van der Waals surface area contributed by atoms with E-state index in [9.17, 15) is 0 Å². The van der Waals surface area contributed by atoms with Crippen LogP contribution in [0.3, 0.4) is 0 Å². The average Bonchev–Trinajstić information content (AvgIpc) is 2.14. The van der Waals surface area contributed by atoms with E-state index in [1.165, 1.54) is 19.4 Å². The number of rotatable bonds is 1. The molecule has 0 radical (unpaired) electrons. The number of likely N-dealkylation sites (tertiary alicyclic amines) is 1. The Bertz CT molecular complexity index is 77.5. The maximum atomic E-state index is 5.48. The van der Waals surface area contributed by atoms with Gasteiger partial charge in [0.25, 0.3) is 0 Å². The van der Waals surface area contributed by atoms with Crippen LogP contribution >= 0.6 is 12.4 Å². The average molecular weight is 151 g/mol. The standard InChI is InChI=1S/C6H14N2.ClH/c1-8-4-2-3-6(8)5-7;/h6H,2-5,7H2,1H3;1H. The van der Waals surface area contributed by atoms with Gasteiger partial charge in [0.05, 0.1) is 0 Å². The van der Waals surface area contributed by atoms with E-state index in [0.29, 0.717) is 6.04 Å². The van der Waals surface area contributed by atoms with Crippen LogP contribution in [0, 0.1) is 0 Å². The molecule has 0 bridgehead atoms. The van der Waals surface area contributed by atoms with Gasteiger partial charge in [-0.1, -0.05) is 0 Å². The van der Waals surface area contributed by atoms with E-state index < -0.39 is 0 Å². The summed E-state index contributed by atoms with van der Waals surface area (Å²) >= 11 is 0. The topological polar surface area (TPSA) is 29.3 Å². The molecule has 2 N–H and O–H groups in total. The minimum absolute atomic E-state index is 0. The molecule has 1 fully saturated rings. The van der Waals surface area contributed by atoms with Crippen molar-refractivity contribution >= 4 is 12.4 Å². The van der Waals surface area contributed by atoms with Crippen molar-refractivity contribution in [3.63, 3.8) is 0 Å². The van der Waals surface area contributed by atoms with Crippen molar-refractivity contribution in [1.29, 1.82) is 0 Å². The van der Waals surface area contributed by atoms with E-state index in [0.717, 1.165) is 6.54 Å². The lowest BCUT2D eigenvalue weighted by Gasteiger charge is -2.15. The predicted octanol–water partition coefficient (Wildman–Crippen LogP) is 0.461. The van der Waals surface area contributed by atoms with Gasteiger partial charge in [0.2, 0.25) is 0 Å². The highest BCUT2D eigenvalue weighted by Crippen LogP contribution is 2.12. The largest absolute Gasteiger partial charge is 0.329 e. The summed E-state index contributed by atoms with van der Waals surface area (Å²) in [5.74, 6) is 0. The molecule has 1 heterocycles. The first kappa shape index (κ1) is 9.21. The molecule has 1 atom stereocenters. The van der Waals surface area contributed by atoms with Crippen LogP contribution in [0.5, 0.6) is 0 Å². The van der Waals surface area contributed by atoms with Crippen LogP contribution in [0.15, 0.2) is 0 Å². The van der Waals surface area contributed by atoms with E-state index in [4.69, 9.17) is 5.73 Å². The van der Waals surface area contributed by atoms with Gasteiger partial charge in [-0.05, 0) is 26.4 Å². The van der Waals surface area contributed by atoms with Gasteiger partial charge in [0.15, 0.2) is 0 Å². The molecule has 2 nitrogen and oxygen atoms in total. The molecule has 1 saturated heterocycles. The van der Waals surface area contributed by atoms with E-state index >= 15 is 0 Å². The molecule has 1 unspecified atom stereocenters. The first-order chi connectivity index (χ1) is 3.84. The minimum Gasteiger partial charge on any atom is -0.329 e. The molecule has 1 rings (SSSR count). The SMILES string of the molecule is CN1CCCC1CN.Cl. The van der Waals surface area contributed by atoms with Gasteiger partial charge in [-0.2, -0.15) is 0 Å².